The van der Waals surface area contributed by atoms with Crippen LogP contribution in [0.4, 0.5) is 0 Å². The smallest absolute Gasteiger partial charge is 0.325 e. The van der Waals surface area contributed by atoms with Crippen LogP contribution in [0.25, 0.3) is 0 Å². The molecule has 0 fully saturated rings. The van der Waals surface area contributed by atoms with Crippen molar-refractivity contribution in [2.75, 3.05) is 20.3 Å². The molecule has 2 N–H and O–H groups in total. The quantitative estimate of drug-likeness (QED) is 0.762. The molecule has 0 saturated heterocycles. The van der Waals surface area contributed by atoms with Gasteiger partial charge in [0, 0.05) is 12.5 Å². The normalized spacial score (nSPS) is 13.5. The van der Waals surface area contributed by atoms with E-state index in [2.05, 4.69) is 0 Å². The topological polar surface area (TPSA) is 70.8 Å². The Hall–Kier alpha value is -1.75. The van der Waals surface area contributed by atoms with Gasteiger partial charge in [0.05, 0.1) is 20.3 Å². The molecule has 1 atom stereocenters. The van der Waals surface area contributed by atoms with Crippen LogP contribution < -0.4 is 15.2 Å². The SMILES string of the molecule is CCOC(=O)C(C)(N)CCOc1cccc(OC)c1. The minimum atomic E-state index is -1.03. The molecule has 1 rings (SSSR count). The van der Waals surface area contributed by atoms with Crippen molar-refractivity contribution in [3.63, 3.8) is 0 Å². The van der Waals surface area contributed by atoms with Gasteiger partial charge < -0.3 is 19.9 Å². The Bertz CT molecular complexity index is 418. The van der Waals surface area contributed by atoms with E-state index in [1.54, 1.807) is 27.0 Å². The van der Waals surface area contributed by atoms with Crippen LogP contribution in [-0.2, 0) is 9.53 Å². The molecule has 106 valence electrons. The minimum Gasteiger partial charge on any atom is -0.497 e. The Morgan fingerprint density at radius 1 is 1.37 bits per heavy atom. The molecule has 0 aliphatic rings. The van der Waals surface area contributed by atoms with Crippen molar-refractivity contribution in [3.8, 4) is 11.5 Å². The lowest BCUT2D eigenvalue weighted by atomic mass is 10.0. The van der Waals surface area contributed by atoms with Gasteiger partial charge in [-0.2, -0.15) is 0 Å². The highest BCUT2D eigenvalue weighted by Crippen LogP contribution is 2.19. The van der Waals surface area contributed by atoms with E-state index in [0.717, 1.165) is 5.75 Å². The Morgan fingerprint density at radius 2 is 2.05 bits per heavy atom. The molecule has 1 unspecified atom stereocenters. The van der Waals surface area contributed by atoms with E-state index >= 15 is 0 Å². The summed E-state index contributed by atoms with van der Waals surface area (Å²) >= 11 is 0. The first-order valence-electron chi connectivity index (χ1n) is 6.22. The van der Waals surface area contributed by atoms with Crippen molar-refractivity contribution in [2.45, 2.75) is 25.8 Å². The highest BCUT2D eigenvalue weighted by Gasteiger charge is 2.29. The summed E-state index contributed by atoms with van der Waals surface area (Å²) in [5.41, 5.74) is 4.85. The first kappa shape index (κ1) is 15.3. The molecule has 5 heteroatoms. The lowest BCUT2D eigenvalue weighted by Gasteiger charge is -2.22. The minimum absolute atomic E-state index is 0.322. The van der Waals surface area contributed by atoms with Crippen LogP contribution in [0, 0.1) is 0 Å². The molecule has 5 nitrogen and oxygen atoms in total. The summed E-state index contributed by atoms with van der Waals surface area (Å²) in [6, 6.07) is 7.26. The Balaban J connectivity index is 2.46. The summed E-state index contributed by atoms with van der Waals surface area (Å²) in [5, 5.41) is 0. The number of ether oxygens (including phenoxy) is 3. The number of carbonyl (C=O) groups is 1. The molecule has 0 aliphatic heterocycles. The van der Waals surface area contributed by atoms with E-state index in [1.165, 1.54) is 0 Å². The Labute approximate surface area is 113 Å². The Morgan fingerprint density at radius 3 is 2.68 bits per heavy atom. The predicted octanol–water partition coefficient (Wildman–Crippen LogP) is 1.74. The summed E-state index contributed by atoms with van der Waals surface area (Å²) in [4.78, 5) is 11.6. The zero-order valence-electron chi connectivity index (χ0n) is 11.6. The van der Waals surface area contributed by atoms with E-state index in [-0.39, 0.29) is 0 Å². The number of benzene rings is 1. The van der Waals surface area contributed by atoms with Crippen LogP contribution in [0.3, 0.4) is 0 Å². The molecule has 0 radical (unpaired) electrons. The van der Waals surface area contributed by atoms with Gasteiger partial charge >= 0.3 is 5.97 Å². The highest BCUT2D eigenvalue weighted by atomic mass is 16.5. The fourth-order valence-electron chi connectivity index (χ4n) is 1.47. The number of esters is 1. The van der Waals surface area contributed by atoms with Gasteiger partial charge in [0.1, 0.15) is 17.0 Å². The number of carbonyl (C=O) groups excluding carboxylic acids is 1. The van der Waals surface area contributed by atoms with Gasteiger partial charge in [-0.05, 0) is 26.0 Å². The maximum atomic E-state index is 11.6. The third kappa shape index (κ3) is 4.79. The monoisotopic (exact) mass is 267 g/mol. The van der Waals surface area contributed by atoms with Crippen molar-refractivity contribution in [1.29, 1.82) is 0 Å². The standard InChI is InChI=1S/C14H21NO4/c1-4-18-13(16)14(2,15)8-9-19-12-7-5-6-11(10-12)17-3/h5-7,10H,4,8-9,15H2,1-3H3. The zero-order valence-corrected chi connectivity index (χ0v) is 11.6. The molecule has 1 aromatic rings. The number of rotatable bonds is 7. The third-order valence-electron chi connectivity index (χ3n) is 2.67. The molecule has 0 spiro atoms. The average Bonchev–Trinajstić information content (AvgIpc) is 2.39. The van der Waals surface area contributed by atoms with Crippen LogP contribution in [-0.4, -0.2) is 31.8 Å². The van der Waals surface area contributed by atoms with E-state index in [0.29, 0.717) is 25.4 Å². The highest BCUT2D eigenvalue weighted by molar-refractivity contribution is 5.79. The number of methoxy groups -OCH3 is 1. The van der Waals surface area contributed by atoms with Crippen molar-refractivity contribution in [2.24, 2.45) is 5.73 Å². The maximum Gasteiger partial charge on any atom is 0.325 e. The second kappa shape index (κ2) is 6.99. The number of nitrogens with two attached hydrogens (primary N) is 1. The summed E-state index contributed by atoms with van der Waals surface area (Å²) < 4.78 is 15.5. The molecular formula is C14H21NO4. The summed E-state index contributed by atoms with van der Waals surface area (Å²) in [6.45, 7) is 4.04. The van der Waals surface area contributed by atoms with Crippen molar-refractivity contribution < 1.29 is 19.0 Å². The first-order chi connectivity index (χ1) is 8.99. The van der Waals surface area contributed by atoms with Crippen LogP contribution >= 0.6 is 0 Å². The van der Waals surface area contributed by atoms with Gasteiger partial charge in [-0.3, -0.25) is 4.79 Å². The maximum absolute atomic E-state index is 11.6. The van der Waals surface area contributed by atoms with Crippen LogP contribution in [0.1, 0.15) is 20.3 Å². The van der Waals surface area contributed by atoms with Gasteiger partial charge in [-0.15, -0.1) is 0 Å². The van der Waals surface area contributed by atoms with Gasteiger partial charge in [0.25, 0.3) is 0 Å². The van der Waals surface area contributed by atoms with E-state index in [9.17, 15) is 4.79 Å². The van der Waals surface area contributed by atoms with E-state index in [4.69, 9.17) is 19.9 Å². The largest absolute Gasteiger partial charge is 0.497 e. The number of hydrogen-bond acceptors (Lipinski definition) is 5. The van der Waals surface area contributed by atoms with Crippen LogP contribution in [0.15, 0.2) is 24.3 Å². The van der Waals surface area contributed by atoms with Gasteiger partial charge in [-0.1, -0.05) is 6.07 Å². The lowest BCUT2D eigenvalue weighted by Crippen LogP contribution is -2.47. The van der Waals surface area contributed by atoms with Crippen molar-refractivity contribution in [1.82, 2.24) is 0 Å². The molecule has 0 amide bonds. The van der Waals surface area contributed by atoms with Gasteiger partial charge in [-0.25, -0.2) is 0 Å². The average molecular weight is 267 g/mol. The molecule has 0 heterocycles. The lowest BCUT2D eigenvalue weighted by molar-refractivity contribution is -0.149. The third-order valence-corrected chi connectivity index (χ3v) is 2.67. The second-order valence-corrected chi connectivity index (χ2v) is 4.42. The van der Waals surface area contributed by atoms with E-state index in [1.807, 2.05) is 18.2 Å². The fraction of sp³-hybridized carbons (Fsp3) is 0.500. The van der Waals surface area contributed by atoms with Crippen LogP contribution in [0.2, 0.25) is 0 Å². The molecule has 19 heavy (non-hydrogen) atoms. The first-order valence-corrected chi connectivity index (χ1v) is 6.22. The summed E-state index contributed by atoms with van der Waals surface area (Å²) in [6.07, 6.45) is 0.378. The molecular weight excluding hydrogens is 246 g/mol. The Kier molecular flexibility index (Phi) is 5.63. The van der Waals surface area contributed by atoms with Gasteiger partial charge in [0.2, 0.25) is 0 Å². The van der Waals surface area contributed by atoms with Gasteiger partial charge in [0.15, 0.2) is 0 Å². The summed E-state index contributed by atoms with van der Waals surface area (Å²) in [7, 11) is 1.59. The molecule has 1 aromatic carbocycles. The molecule has 0 bridgehead atoms. The van der Waals surface area contributed by atoms with E-state index < -0.39 is 11.5 Å². The van der Waals surface area contributed by atoms with Crippen molar-refractivity contribution >= 4 is 5.97 Å². The fourth-order valence-corrected chi connectivity index (χ4v) is 1.47. The predicted molar refractivity (Wildman–Crippen MR) is 72.3 cm³/mol. The zero-order chi connectivity index (χ0) is 14.3. The molecule has 0 aromatic heterocycles. The molecule has 0 aliphatic carbocycles. The molecule has 0 saturated carbocycles. The second-order valence-electron chi connectivity index (χ2n) is 4.42. The van der Waals surface area contributed by atoms with Crippen LogP contribution in [0.5, 0.6) is 11.5 Å². The number of hydrogen-bond donors (Lipinski definition) is 1. The van der Waals surface area contributed by atoms with Crippen molar-refractivity contribution in [3.05, 3.63) is 24.3 Å². The summed E-state index contributed by atoms with van der Waals surface area (Å²) in [5.74, 6) is 0.988.